The average molecular weight is 316 g/mol. The Morgan fingerprint density at radius 2 is 1.86 bits per heavy atom. The molecule has 122 valence electrons. The largest absolute Gasteiger partial charge is 0.444 e. The van der Waals surface area contributed by atoms with Crippen LogP contribution in [0.15, 0.2) is 12.1 Å². The molecular formula is C15H19F3N2O2. The Hall–Kier alpha value is -1.76. The van der Waals surface area contributed by atoms with E-state index in [1.54, 1.807) is 20.8 Å². The van der Waals surface area contributed by atoms with Crippen LogP contribution in [0.2, 0.25) is 0 Å². The van der Waals surface area contributed by atoms with Crippen LogP contribution in [0, 0.1) is 17.5 Å². The van der Waals surface area contributed by atoms with Gasteiger partial charge < -0.3 is 10.1 Å². The molecule has 1 unspecified atom stereocenters. The van der Waals surface area contributed by atoms with E-state index in [0.717, 1.165) is 12.1 Å². The van der Waals surface area contributed by atoms with Crippen molar-refractivity contribution in [2.24, 2.45) is 0 Å². The molecule has 1 aromatic rings. The summed E-state index contributed by atoms with van der Waals surface area (Å²) in [6, 6.07) is 1.20. The van der Waals surface area contributed by atoms with Gasteiger partial charge in [-0.25, -0.2) is 18.0 Å². The van der Waals surface area contributed by atoms with Gasteiger partial charge in [0.05, 0.1) is 6.04 Å². The van der Waals surface area contributed by atoms with E-state index in [1.807, 2.05) is 0 Å². The van der Waals surface area contributed by atoms with E-state index < -0.39 is 35.2 Å². The topological polar surface area (TPSA) is 41.6 Å². The number of ether oxygens (including phenoxy) is 1. The fraction of sp³-hybridized carbons (Fsp3) is 0.533. The van der Waals surface area contributed by atoms with Crippen LogP contribution in [0.5, 0.6) is 0 Å². The molecule has 1 saturated heterocycles. The highest BCUT2D eigenvalue weighted by Crippen LogP contribution is 2.27. The van der Waals surface area contributed by atoms with E-state index in [1.165, 1.54) is 4.90 Å². The summed E-state index contributed by atoms with van der Waals surface area (Å²) in [5.74, 6) is -4.06. The van der Waals surface area contributed by atoms with Gasteiger partial charge in [-0.1, -0.05) is 0 Å². The first-order valence-electron chi connectivity index (χ1n) is 7.04. The normalized spacial score (nSPS) is 19.2. The van der Waals surface area contributed by atoms with Crippen molar-refractivity contribution in [1.82, 2.24) is 10.2 Å². The quantitative estimate of drug-likeness (QED) is 0.810. The fourth-order valence-corrected chi connectivity index (χ4v) is 2.31. The van der Waals surface area contributed by atoms with Crippen molar-refractivity contribution in [3.8, 4) is 0 Å². The first-order chi connectivity index (χ1) is 10.2. The van der Waals surface area contributed by atoms with Crippen molar-refractivity contribution in [3.05, 3.63) is 35.1 Å². The number of hydrogen-bond donors (Lipinski definition) is 1. The maximum Gasteiger partial charge on any atom is 0.410 e. The SMILES string of the molecule is CC(C)(C)OC(=O)N1CCNCC1c1cc(F)c(F)c(F)c1. The van der Waals surface area contributed by atoms with Gasteiger partial charge in [-0.05, 0) is 38.5 Å². The zero-order valence-corrected chi connectivity index (χ0v) is 12.8. The summed E-state index contributed by atoms with van der Waals surface area (Å²) >= 11 is 0. The van der Waals surface area contributed by atoms with Gasteiger partial charge >= 0.3 is 6.09 Å². The predicted octanol–water partition coefficient (Wildman–Crippen LogP) is 2.99. The zero-order chi connectivity index (χ0) is 16.5. The summed E-state index contributed by atoms with van der Waals surface area (Å²) in [6.45, 7) is 6.39. The number of nitrogens with zero attached hydrogens (tertiary/aromatic N) is 1. The van der Waals surface area contributed by atoms with Crippen molar-refractivity contribution < 1.29 is 22.7 Å². The van der Waals surface area contributed by atoms with Crippen molar-refractivity contribution >= 4 is 6.09 Å². The molecule has 1 N–H and O–H groups in total. The second kappa shape index (κ2) is 6.16. The first kappa shape index (κ1) is 16.6. The summed E-state index contributed by atoms with van der Waals surface area (Å²) in [4.78, 5) is 13.6. The van der Waals surface area contributed by atoms with E-state index in [0.29, 0.717) is 19.6 Å². The highest BCUT2D eigenvalue weighted by Gasteiger charge is 2.32. The van der Waals surface area contributed by atoms with Crippen LogP contribution in [-0.2, 0) is 4.74 Å². The number of benzene rings is 1. The number of carbonyl (C=O) groups excluding carboxylic acids is 1. The Labute approximate surface area is 127 Å². The lowest BCUT2D eigenvalue weighted by Crippen LogP contribution is -2.50. The highest BCUT2D eigenvalue weighted by molar-refractivity contribution is 5.69. The summed E-state index contributed by atoms with van der Waals surface area (Å²) < 4.78 is 45.2. The molecule has 4 nitrogen and oxygen atoms in total. The standard InChI is InChI=1S/C15H19F3N2O2/c1-15(2,3)22-14(21)20-5-4-19-8-12(20)9-6-10(16)13(18)11(17)7-9/h6-7,12,19H,4-5,8H2,1-3H3. The summed E-state index contributed by atoms with van der Waals surface area (Å²) in [6.07, 6.45) is -0.566. The Kier molecular flexibility index (Phi) is 4.65. The Morgan fingerprint density at radius 3 is 2.41 bits per heavy atom. The van der Waals surface area contributed by atoms with Gasteiger partial charge in [0, 0.05) is 19.6 Å². The molecule has 0 aliphatic carbocycles. The molecule has 1 amide bonds. The number of halogens is 3. The smallest absolute Gasteiger partial charge is 0.410 e. The van der Waals surface area contributed by atoms with Gasteiger partial charge in [-0.15, -0.1) is 0 Å². The molecule has 0 aromatic heterocycles. The first-order valence-corrected chi connectivity index (χ1v) is 7.04. The van der Waals surface area contributed by atoms with Crippen LogP contribution in [0.4, 0.5) is 18.0 Å². The third-order valence-corrected chi connectivity index (χ3v) is 3.26. The second-order valence-electron chi connectivity index (χ2n) is 6.19. The third kappa shape index (κ3) is 3.71. The number of nitrogens with one attached hydrogen (secondary N) is 1. The minimum Gasteiger partial charge on any atom is -0.444 e. The number of piperazine rings is 1. The predicted molar refractivity (Wildman–Crippen MR) is 74.9 cm³/mol. The van der Waals surface area contributed by atoms with Gasteiger partial charge in [0.25, 0.3) is 0 Å². The maximum atomic E-state index is 13.4. The molecule has 1 aliphatic heterocycles. The average Bonchev–Trinajstić information content (AvgIpc) is 2.42. The van der Waals surface area contributed by atoms with Crippen LogP contribution in [0.1, 0.15) is 32.4 Å². The summed E-state index contributed by atoms with van der Waals surface area (Å²) in [5.41, 5.74) is -0.485. The van der Waals surface area contributed by atoms with Gasteiger partial charge in [0.2, 0.25) is 0 Å². The number of carbonyl (C=O) groups is 1. The molecule has 0 radical (unpaired) electrons. The van der Waals surface area contributed by atoms with Crippen molar-refractivity contribution in [3.63, 3.8) is 0 Å². The molecule has 1 fully saturated rings. The van der Waals surface area contributed by atoms with Crippen molar-refractivity contribution in [2.75, 3.05) is 19.6 Å². The van der Waals surface area contributed by atoms with Gasteiger partial charge in [-0.3, -0.25) is 4.90 Å². The Morgan fingerprint density at radius 1 is 1.27 bits per heavy atom. The Balaban J connectivity index is 2.28. The minimum atomic E-state index is -1.52. The molecule has 0 bridgehead atoms. The molecule has 7 heteroatoms. The molecule has 0 spiro atoms. The van der Waals surface area contributed by atoms with Crippen LogP contribution in [0.3, 0.4) is 0 Å². The lowest BCUT2D eigenvalue weighted by Gasteiger charge is -2.37. The van der Waals surface area contributed by atoms with Crippen LogP contribution in [-0.4, -0.2) is 36.2 Å². The molecule has 1 aliphatic rings. The van der Waals surface area contributed by atoms with Gasteiger partial charge in [0.1, 0.15) is 5.60 Å². The molecule has 22 heavy (non-hydrogen) atoms. The van der Waals surface area contributed by atoms with Crippen LogP contribution < -0.4 is 5.32 Å². The second-order valence-corrected chi connectivity index (χ2v) is 6.19. The van der Waals surface area contributed by atoms with Crippen molar-refractivity contribution in [1.29, 1.82) is 0 Å². The van der Waals surface area contributed by atoms with Gasteiger partial charge in [-0.2, -0.15) is 0 Å². The molecule has 2 rings (SSSR count). The van der Waals surface area contributed by atoms with Gasteiger partial charge in [0.15, 0.2) is 17.5 Å². The maximum absolute atomic E-state index is 13.4. The number of hydrogen-bond acceptors (Lipinski definition) is 3. The van der Waals surface area contributed by atoms with Crippen LogP contribution >= 0.6 is 0 Å². The van der Waals surface area contributed by atoms with E-state index in [2.05, 4.69) is 5.32 Å². The lowest BCUT2D eigenvalue weighted by atomic mass is 10.0. The monoisotopic (exact) mass is 316 g/mol. The van der Waals surface area contributed by atoms with E-state index >= 15 is 0 Å². The molecular weight excluding hydrogens is 297 g/mol. The van der Waals surface area contributed by atoms with E-state index in [4.69, 9.17) is 4.74 Å². The third-order valence-electron chi connectivity index (χ3n) is 3.26. The van der Waals surface area contributed by atoms with E-state index in [-0.39, 0.29) is 5.56 Å². The molecule has 1 heterocycles. The van der Waals surface area contributed by atoms with E-state index in [9.17, 15) is 18.0 Å². The van der Waals surface area contributed by atoms with Crippen LogP contribution in [0.25, 0.3) is 0 Å². The number of rotatable bonds is 1. The number of amides is 1. The Bertz CT molecular complexity index is 549. The molecule has 1 aromatic carbocycles. The molecule has 1 atom stereocenters. The summed E-state index contributed by atoms with van der Waals surface area (Å²) in [5, 5.41) is 3.05. The zero-order valence-electron chi connectivity index (χ0n) is 12.8. The highest BCUT2D eigenvalue weighted by atomic mass is 19.2. The molecule has 0 saturated carbocycles. The summed E-state index contributed by atoms with van der Waals surface area (Å²) in [7, 11) is 0. The fourth-order valence-electron chi connectivity index (χ4n) is 2.31. The van der Waals surface area contributed by atoms with Crippen molar-refractivity contribution in [2.45, 2.75) is 32.4 Å². The lowest BCUT2D eigenvalue weighted by molar-refractivity contribution is 0.0117. The minimum absolute atomic E-state index is 0.189.